The van der Waals surface area contributed by atoms with Gasteiger partial charge in [0.15, 0.2) is 6.10 Å². The molecule has 1 aromatic carbocycles. The van der Waals surface area contributed by atoms with E-state index in [1.165, 1.54) is 0 Å². The molecule has 0 spiro atoms. The molecular formula is C12H16N2O2. The van der Waals surface area contributed by atoms with Crippen molar-refractivity contribution in [2.24, 2.45) is 5.84 Å². The zero-order valence-electron chi connectivity index (χ0n) is 9.06. The number of hydrogen-bond donors (Lipinski definition) is 2. The Bertz CT molecular complexity index is 338. The standard InChI is InChI=1S/C12H16N2O2/c1-2-3-9-16-11(12(15)14-13)10-7-5-4-6-8-10/h2,4-8,11H,1,3,9,13H2,(H,14,15). The van der Waals surface area contributed by atoms with E-state index in [1.807, 2.05) is 30.3 Å². The van der Waals surface area contributed by atoms with E-state index < -0.39 is 6.10 Å². The number of nitrogens with two attached hydrogens (primary N) is 1. The summed E-state index contributed by atoms with van der Waals surface area (Å²) < 4.78 is 5.46. The molecule has 16 heavy (non-hydrogen) atoms. The first-order chi connectivity index (χ1) is 7.79. The average Bonchev–Trinajstić information content (AvgIpc) is 2.35. The summed E-state index contributed by atoms with van der Waals surface area (Å²) in [6.07, 6.45) is 1.77. The molecule has 0 fully saturated rings. The molecule has 1 aromatic rings. The van der Waals surface area contributed by atoms with Crippen LogP contribution in [0.4, 0.5) is 0 Å². The minimum absolute atomic E-state index is 0.352. The summed E-state index contributed by atoms with van der Waals surface area (Å²) in [6.45, 7) is 4.03. The van der Waals surface area contributed by atoms with Crippen LogP contribution in [0.2, 0.25) is 0 Å². The summed E-state index contributed by atoms with van der Waals surface area (Å²) in [4.78, 5) is 11.5. The largest absolute Gasteiger partial charge is 0.363 e. The summed E-state index contributed by atoms with van der Waals surface area (Å²) in [5.74, 6) is 4.76. The van der Waals surface area contributed by atoms with E-state index in [4.69, 9.17) is 10.6 Å². The zero-order valence-corrected chi connectivity index (χ0v) is 9.06. The maximum atomic E-state index is 11.5. The third-order valence-electron chi connectivity index (χ3n) is 2.09. The fraction of sp³-hybridized carbons (Fsp3) is 0.250. The second-order valence-corrected chi connectivity index (χ2v) is 3.25. The van der Waals surface area contributed by atoms with Crippen LogP contribution in [-0.2, 0) is 9.53 Å². The zero-order chi connectivity index (χ0) is 11.8. The molecule has 1 rings (SSSR count). The van der Waals surface area contributed by atoms with Gasteiger partial charge in [-0.15, -0.1) is 6.58 Å². The fourth-order valence-corrected chi connectivity index (χ4v) is 1.30. The fourth-order valence-electron chi connectivity index (χ4n) is 1.30. The van der Waals surface area contributed by atoms with Gasteiger partial charge in [0.2, 0.25) is 0 Å². The maximum Gasteiger partial charge on any atom is 0.267 e. The van der Waals surface area contributed by atoms with Gasteiger partial charge in [-0.25, -0.2) is 5.84 Å². The summed E-state index contributed by atoms with van der Waals surface area (Å²) in [5.41, 5.74) is 2.89. The van der Waals surface area contributed by atoms with Crippen molar-refractivity contribution in [1.82, 2.24) is 5.43 Å². The van der Waals surface area contributed by atoms with E-state index >= 15 is 0 Å². The molecule has 1 amide bonds. The van der Waals surface area contributed by atoms with Gasteiger partial charge in [0.05, 0.1) is 6.61 Å². The molecular weight excluding hydrogens is 204 g/mol. The lowest BCUT2D eigenvalue weighted by molar-refractivity contribution is -0.133. The maximum absolute atomic E-state index is 11.5. The van der Waals surface area contributed by atoms with Crippen LogP contribution in [0.5, 0.6) is 0 Å². The molecule has 1 unspecified atom stereocenters. The molecule has 4 nitrogen and oxygen atoms in total. The van der Waals surface area contributed by atoms with Gasteiger partial charge in [0.25, 0.3) is 5.91 Å². The number of carbonyl (C=O) groups is 1. The van der Waals surface area contributed by atoms with Gasteiger partial charge in [-0.05, 0) is 12.0 Å². The topological polar surface area (TPSA) is 64.3 Å². The predicted octanol–water partition coefficient (Wildman–Crippen LogP) is 1.31. The molecule has 0 bridgehead atoms. The minimum atomic E-state index is -0.661. The van der Waals surface area contributed by atoms with Crippen molar-refractivity contribution in [2.45, 2.75) is 12.5 Å². The van der Waals surface area contributed by atoms with Crippen molar-refractivity contribution in [3.63, 3.8) is 0 Å². The Balaban J connectivity index is 2.71. The number of carbonyl (C=O) groups excluding carboxylic acids is 1. The molecule has 1 atom stereocenters. The summed E-state index contributed by atoms with van der Waals surface area (Å²) in [6, 6.07) is 9.23. The van der Waals surface area contributed by atoms with Crippen LogP contribution in [-0.4, -0.2) is 12.5 Å². The summed E-state index contributed by atoms with van der Waals surface area (Å²) >= 11 is 0. The van der Waals surface area contributed by atoms with E-state index in [-0.39, 0.29) is 5.91 Å². The molecule has 86 valence electrons. The van der Waals surface area contributed by atoms with Gasteiger partial charge in [-0.2, -0.15) is 0 Å². The van der Waals surface area contributed by atoms with Gasteiger partial charge in [-0.1, -0.05) is 36.4 Å². The Morgan fingerprint density at radius 3 is 2.75 bits per heavy atom. The average molecular weight is 220 g/mol. The highest BCUT2D eigenvalue weighted by atomic mass is 16.5. The summed E-state index contributed by atoms with van der Waals surface area (Å²) in [7, 11) is 0. The highest BCUT2D eigenvalue weighted by molar-refractivity contribution is 5.81. The van der Waals surface area contributed by atoms with Gasteiger partial charge >= 0.3 is 0 Å². The van der Waals surface area contributed by atoms with Crippen molar-refractivity contribution in [3.05, 3.63) is 48.6 Å². The van der Waals surface area contributed by atoms with E-state index in [1.54, 1.807) is 6.08 Å². The minimum Gasteiger partial charge on any atom is -0.363 e. The molecule has 0 saturated heterocycles. The second kappa shape index (κ2) is 6.76. The Kier molecular flexibility index (Phi) is 5.25. The molecule has 4 heteroatoms. The highest BCUT2D eigenvalue weighted by Gasteiger charge is 2.19. The lowest BCUT2D eigenvalue weighted by atomic mass is 10.1. The van der Waals surface area contributed by atoms with Gasteiger partial charge in [0, 0.05) is 0 Å². The number of nitrogens with one attached hydrogen (secondary N) is 1. The van der Waals surface area contributed by atoms with Crippen molar-refractivity contribution in [3.8, 4) is 0 Å². The van der Waals surface area contributed by atoms with Gasteiger partial charge in [0.1, 0.15) is 0 Å². The number of hydrazine groups is 1. The predicted molar refractivity (Wildman–Crippen MR) is 62.3 cm³/mol. The lowest BCUT2D eigenvalue weighted by Crippen LogP contribution is -2.36. The smallest absolute Gasteiger partial charge is 0.267 e. The molecule has 0 radical (unpaired) electrons. The van der Waals surface area contributed by atoms with Crippen molar-refractivity contribution in [2.75, 3.05) is 6.61 Å². The first kappa shape index (κ1) is 12.4. The second-order valence-electron chi connectivity index (χ2n) is 3.25. The van der Waals surface area contributed by atoms with Crippen LogP contribution in [0.3, 0.4) is 0 Å². The van der Waals surface area contributed by atoms with Crippen molar-refractivity contribution >= 4 is 5.91 Å². The Morgan fingerprint density at radius 1 is 1.50 bits per heavy atom. The molecule has 0 saturated carbocycles. The van der Waals surface area contributed by atoms with Crippen LogP contribution in [0.15, 0.2) is 43.0 Å². The quantitative estimate of drug-likeness (QED) is 0.250. The SMILES string of the molecule is C=CCCOC(C(=O)NN)c1ccccc1. The van der Waals surface area contributed by atoms with Crippen LogP contribution in [0, 0.1) is 0 Å². The Morgan fingerprint density at radius 2 is 2.19 bits per heavy atom. The van der Waals surface area contributed by atoms with E-state index in [2.05, 4.69) is 12.0 Å². The normalized spacial score (nSPS) is 11.8. The van der Waals surface area contributed by atoms with E-state index in [9.17, 15) is 4.79 Å². The molecule has 3 N–H and O–H groups in total. The first-order valence-corrected chi connectivity index (χ1v) is 5.07. The van der Waals surface area contributed by atoms with Crippen LogP contribution >= 0.6 is 0 Å². The third kappa shape index (κ3) is 3.49. The lowest BCUT2D eigenvalue weighted by Gasteiger charge is -2.16. The highest BCUT2D eigenvalue weighted by Crippen LogP contribution is 2.17. The van der Waals surface area contributed by atoms with E-state index in [0.717, 1.165) is 5.56 Å². The molecule has 0 aliphatic rings. The van der Waals surface area contributed by atoms with Gasteiger partial charge in [-0.3, -0.25) is 10.2 Å². The van der Waals surface area contributed by atoms with Crippen LogP contribution < -0.4 is 11.3 Å². The molecule has 0 aliphatic carbocycles. The Hall–Kier alpha value is -1.65. The van der Waals surface area contributed by atoms with Crippen molar-refractivity contribution in [1.29, 1.82) is 0 Å². The van der Waals surface area contributed by atoms with Crippen molar-refractivity contribution < 1.29 is 9.53 Å². The summed E-state index contributed by atoms with van der Waals surface area (Å²) in [5, 5.41) is 0. The molecule has 0 aliphatic heterocycles. The first-order valence-electron chi connectivity index (χ1n) is 5.07. The van der Waals surface area contributed by atoms with Crippen LogP contribution in [0.25, 0.3) is 0 Å². The third-order valence-corrected chi connectivity index (χ3v) is 2.09. The number of rotatable bonds is 6. The molecule has 0 aromatic heterocycles. The monoisotopic (exact) mass is 220 g/mol. The molecule has 0 heterocycles. The Labute approximate surface area is 95.1 Å². The number of hydrogen-bond acceptors (Lipinski definition) is 3. The van der Waals surface area contributed by atoms with Gasteiger partial charge < -0.3 is 4.74 Å². The van der Waals surface area contributed by atoms with Crippen LogP contribution in [0.1, 0.15) is 18.1 Å². The van der Waals surface area contributed by atoms with E-state index in [0.29, 0.717) is 13.0 Å². The number of amides is 1. The number of benzene rings is 1. The number of ether oxygens (including phenoxy) is 1.